The van der Waals surface area contributed by atoms with Crippen molar-refractivity contribution in [2.75, 3.05) is 6.54 Å². The SMILES string of the molecule is CCCNC(c1ccc(Cl)cc1)c1cc(I)ccc1Br. The van der Waals surface area contributed by atoms with Crippen LogP contribution < -0.4 is 5.32 Å². The van der Waals surface area contributed by atoms with Crippen LogP contribution in [0.1, 0.15) is 30.5 Å². The average Bonchev–Trinajstić information content (AvgIpc) is 2.44. The van der Waals surface area contributed by atoms with Crippen LogP contribution in [0.15, 0.2) is 46.9 Å². The lowest BCUT2D eigenvalue weighted by atomic mass is 9.98. The minimum atomic E-state index is 0.177. The Bertz CT molecular complexity index is 571. The standard InChI is InChI=1S/C16H16BrClIN/c1-2-9-20-16(11-3-5-12(18)6-4-11)14-10-13(19)7-8-15(14)17/h3-8,10,16,20H,2,9H2,1H3. The Morgan fingerprint density at radius 3 is 2.55 bits per heavy atom. The van der Waals surface area contributed by atoms with Crippen molar-refractivity contribution in [2.45, 2.75) is 19.4 Å². The van der Waals surface area contributed by atoms with Crippen LogP contribution in [-0.2, 0) is 0 Å². The summed E-state index contributed by atoms with van der Waals surface area (Å²) in [4.78, 5) is 0. The molecule has 2 rings (SSSR count). The molecule has 0 bridgehead atoms. The third-order valence-corrected chi connectivity index (χ3v) is 4.72. The highest BCUT2D eigenvalue weighted by atomic mass is 127. The summed E-state index contributed by atoms with van der Waals surface area (Å²) in [7, 11) is 0. The van der Waals surface area contributed by atoms with E-state index in [0.717, 1.165) is 22.5 Å². The van der Waals surface area contributed by atoms with Crippen molar-refractivity contribution >= 4 is 50.1 Å². The van der Waals surface area contributed by atoms with Gasteiger partial charge in [0.2, 0.25) is 0 Å². The molecule has 0 radical (unpaired) electrons. The van der Waals surface area contributed by atoms with Crippen LogP contribution in [-0.4, -0.2) is 6.54 Å². The van der Waals surface area contributed by atoms with Gasteiger partial charge in [-0.1, -0.05) is 46.6 Å². The zero-order chi connectivity index (χ0) is 14.5. The first-order chi connectivity index (χ1) is 9.61. The Kier molecular flexibility index (Phi) is 6.33. The Balaban J connectivity index is 2.41. The molecule has 0 aliphatic carbocycles. The van der Waals surface area contributed by atoms with Gasteiger partial charge in [-0.25, -0.2) is 0 Å². The van der Waals surface area contributed by atoms with Crippen molar-refractivity contribution < 1.29 is 0 Å². The van der Waals surface area contributed by atoms with Crippen LogP contribution in [0.3, 0.4) is 0 Å². The zero-order valence-corrected chi connectivity index (χ0v) is 15.7. The van der Waals surface area contributed by atoms with Crippen LogP contribution in [0.5, 0.6) is 0 Å². The van der Waals surface area contributed by atoms with E-state index in [2.05, 4.69) is 81.1 Å². The maximum atomic E-state index is 5.99. The van der Waals surface area contributed by atoms with Gasteiger partial charge < -0.3 is 5.32 Å². The highest BCUT2D eigenvalue weighted by Gasteiger charge is 2.16. The predicted molar refractivity (Wildman–Crippen MR) is 98.4 cm³/mol. The third-order valence-electron chi connectivity index (χ3n) is 3.07. The Morgan fingerprint density at radius 2 is 1.90 bits per heavy atom. The highest BCUT2D eigenvalue weighted by Crippen LogP contribution is 2.30. The second kappa shape index (κ2) is 7.78. The third kappa shape index (κ3) is 4.20. The highest BCUT2D eigenvalue weighted by molar-refractivity contribution is 14.1. The molecule has 0 aromatic heterocycles. The summed E-state index contributed by atoms with van der Waals surface area (Å²) >= 11 is 12.0. The summed E-state index contributed by atoms with van der Waals surface area (Å²) < 4.78 is 2.36. The molecule has 1 atom stereocenters. The Morgan fingerprint density at radius 1 is 1.20 bits per heavy atom. The largest absolute Gasteiger partial charge is 0.306 e. The first-order valence-electron chi connectivity index (χ1n) is 6.55. The normalized spacial score (nSPS) is 12.4. The van der Waals surface area contributed by atoms with E-state index in [1.54, 1.807) is 0 Å². The molecule has 1 N–H and O–H groups in total. The van der Waals surface area contributed by atoms with Crippen LogP contribution in [0.25, 0.3) is 0 Å². The van der Waals surface area contributed by atoms with Crippen molar-refractivity contribution in [3.8, 4) is 0 Å². The Hall–Kier alpha value is -0.100. The van der Waals surface area contributed by atoms with E-state index in [9.17, 15) is 0 Å². The summed E-state index contributed by atoms with van der Waals surface area (Å²) in [6.45, 7) is 3.15. The van der Waals surface area contributed by atoms with Gasteiger partial charge in [0.15, 0.2) is 0 Å². The predicted octanol–water partition coefficient (Wildman–Crippen LogP) is 5.80. The number of nitrogens with one attached hydrogen (secondary N) is 1. The van der Waals surface area contributed by atoms with Gasteiger partial charge in [-0.15, -0.1) is 0 Å². The molecule has 0 heterocycles. The molecule has 106 valence electrons. The number of hydrogen-bond donors (Lipinski definition) is 1. The fraction of sp³-hybridized carbons (Fsp3) is 0.250. The molecule has 1 unspecified atom stereocenters. The van der Waals surface area contributed by atoms with Gasteiger partial charge in [-0.3, -0.25) is 0 Å². The fourth-order valence-electron chi connectivity index (χ4n) is 2.09. The van der Waals surface area contributed by atoms with E-state index in [4.69, 9.17) is 11.6 Å². The van der Waals surface area contributed by atoms with Gasteiger partial charge >= 0.3 is 0 Å². The second-order valence-corrected chi connectivity index (χ2v) is 7.14. The molecule has 4 heteroatoms. The Labute approximate surface area is 147 Å². The lowest BCUT2D eigenvalue weighted by Crippen LogP contribution is -2.23. The molecule has 0 aliphatic heterocycles. The molecular formula is C16H16BrClIN. The molecule has 0 saturated heterocycles. The fourth-order valence-corrected chi connectivity index (χ4v) is 3.20. The molecule has 0 saturated carbocycles. The van der Waals surface area contributed by atoms with E-state index in [-0.39, 0.29) is 6.04 Å². The molecule has 0 fully saturated rings. The van der Waals surface area contributed by atoms with E-state index < -0.39 is 0 Å². The molecule has 0 spiro atoms. The van der Waals surface area contributed by atoms with Crippen molar-refractivity contribution in [3.63, 3.8) is 0 Å². The second-order valence-electron chi connectivity index (χ2n) is 4.60. The summed E-state index contributed by atoms with van der Waals surface area (Å²) in [5.41, 5.74) is 2.48. The molecule has 1 nitrogen and oxygen atoms in total. The molecule has 2 aromatic carbocycles. The van der Waals surface area contributed by atoms with Gasteiger partial charge in [0.25, 0.3) is 0 Å². The first-order valence-corrected chi connectivity index (χ1v) is 8.80. The maximum absolute atomic E-state index is 5.99. The summed E-state index contributed by atoms with van der Waals surface area (Å²) in [5.74, 6) is 0. The quantitative estimate of drug-likeness (QED) is 0.552. The molecule has 20 heavy (non-hydrogen) atoms. The molecule has 2 aromatic rings. The lowest BCUT2D eigenvalue weighted by molar-refractivity contribution is 0.596. The average molecular weight is 465 g/mol. The number of rotatable bonds is 5. The molecule has 0 amide bonds. The molecular weight excluding hydrogens is 448 g/mol. The van der Waals surface area contributed by atoms with E-state index in [1.165, 1.54) is 14.7 Å². The van der Waals surface area contributed by atoms with Crippen LogP contribution in [0.4, 0.5) is 0 Å². The summed E-state index contributed by atoms with van der Waals surface area (Å²) in [6.07, 6.45) is 1.10. The van der Waals surface area contributed by atoms with Gasteiger partial charge in [-0.2, -0.15) is 0 Å². The van der Waals surface area contributed by atoms with Crippen LogP contribution >= 0.6 is 50.1 Å². The molecule has 0 aliphatic rings. The summed E-state index contributed by atoms with van der Waals surface area (Å²) in [6, 6.07) is 14.7. The minimum Gasteiger partial charge on any atom is -0.306 e. The van der Waals surface area contributed by atoms with E-state index >= 15 is 0 Å². The minimum absolute atomic E-state index is 0.177. The van der Waals surface area contributed by atoms with Gasteiger partial charge in [0, 0.05) is 13.1 Å². The number of hydrogen-bond acceptors (Lipinski definition) is 1. The smallest absolute Gasteiger partial charge is 0.0588 e. The van der Waals surface area contributed by atoms with Gasteiger partial charge in [0.1, 0.15) is 0 Å². The zero-order valence-electron chi connectivity index (χ0n) is 11.2. The monoisotopic (exact) mass is 463 g/mol. The van der Waals surface area contributed by atoms with Crippen LogP contribution in [0.2, 0.25) is 5.02 Å². The van der Waals surface area contributed by atoms with Crippen molar-refractivity contribution in [3.05, 3.63) is 66.7 Å². The first kappa shape index (κ1) is 16.3. The van der Waals surface area contributed by atoms with Crippen molar-refractivity contribution in [1.29, 1.82) is 0 Å². The lowest BCUT2D eigenvalue weighted by Gasteiger charge is -2.21. The van der Waals surface area contributed by atoms with Crippen LogP contribution in [0, 0.1) is 3.57 Å². The van der Waals surface area contributed by atoms with Crippen molar-refractivity contribution in [2.24, 2.45) is 0 Å². The van der Waals surface area contributed by atoms with Crippen molar-refractivity contribution in [1.82, 2.24) is 5.32 Å². The topological polar surface area (TPSA) is 12.0 Å². The number of halogens is 3. The van der Waals surface area contributed by atoms with E-state index in [0.29, 0.717) is 0 Å². The van der Waals surface area contributed by atoms with Gasteiger partial charge in [-0.05, 0) is 77.0 Å². The maximum Gasteiger partial charge on any atom is 0.0588 e. The number of benzene rings is 2. The van der Waals surface area contributed by atoms with E-state index in [1.807, 2.05) is 12.1 Å². The van der Waals surface area contributed by atoms with Gasteiger partial charge in [0.05, 0.1) is 6.04 Å². The summed E-state index contributed by atoms with van der Waals surface area (Å²) in [5, 5.41) is 4.38.